The zero-order chi connectivity index (χ0) is 9.68. The molecular formula is C9H13IN2OS. The van der Waals surface area contributed by atoms with Crippen molar-refractivity contribution in [2.75, 3.05) is 13.4 Å². The van der Waals surface area contributed by atoms with E-state index >= 15 is 0 Å². The van der Waals surface area contributed by atoms with E-state index in [0.717, 1.165) is 11.4 Å². The number of benzene rings is 1. The number of thioether (sulfide) groups is 1. The van der Waals surface area contributed by atoms with Crippen molar-refractivity contribution >= 4 is 46.6 Å². The molecule has 0 bridgehead atoms. The first-order valence-electron chi connectivity index (χ1n) is 3.78. The standard InChI is InChI=1S/C9H12N2OS.HI/c1-12-8-5-3-7(4-6-8)11-9(10)13-2;/h3-6H,1-2H3,(H2,10,11);1H. The SMILES string of the molecule is COc1ccc(N=C(N)SC)cc1.I. The number of aliphatic imine (C=N–C) groups is 1. The molecule has 0 amide bonds. The van der Waals surface area contributed by atoms with Gasteiger partial charge in [-0.3, -0.25) is 0 Å². The zero-order valence-corrected chi connectivity index (χ0v) is 11.2. The van der Waals surface area contributed by atoms with Crippen LogP contribution in [0.25, 0.3) is 0 Å². The van der Waals surface area contributed by atoms with Crippen LogP contribution in [0.1, 0.15) is 0 Å². The molecule has 0 spiro atoms. The monoisotopic (exact) mass is 324 g/mol. The number of rotatable bonds is 2. The number of halogens is 1. The predicted octanol–water partition coefficient (Wildman–Crippen LogP) is 2.62. The molecule has 78 valence electrons. The number of hydrogen-bond donors (Lipinski definition) is 1. The fourth-order valence-corrected chi connectivity index (χ4v) is 1.03. The Morgan fingerprint density at radius 3 is 2.36 bits per heavy atom. The summed E-state index contributed by atoms with van der Waals surface area (Å²) in [6.07, 6.45) is 1.89. The highest BCUT2D eigenvalue weighted by molar-refractivity contribution is 14.0. The quantitative estimate of drug-likeness (QED) is 0.517. The molecular weight excluding hydrogens is 311 g/mol. The van der Waals surface area contributed by atoms with Gasteiger partial charge >= 0.3 is 0 Å². The summed E-state index contributed by atoms with van der Waals surface area (Å²) in [4.78, 5) is 4.15. The molecule has 0 radical (unpaired) electrons. The highest BCUT2D eigenvalue weighted by Gasteiger charge is 1.92. The average molecular weight is 324 g/mol. The first kappa shape index (κ1) is 13.6. The first-order valence-corrected chi connectivity index (χ1v) is 5.01. The molecule has 0 aromatic heterocycles. The molecule has 2 N–H and O–H groups in total. The Balaban J connectivity index is 0.00000169. The van der Waals surface area contributed by atoms with Crippen molar-refractivity contribution in [1.82, 2.24) is 0 Å². The normalized spacial score (nSPS) is 10.6. The Kier molecular flexibility index (Phi) is 6.73. The van der Waals surface area contributed by atoms with E-state index in [9.17, 15) is 0 Å². The lowest BCUT2D eigenvalue weighted by Gasteiger charge is -1.99. The van der Waals surface area contributed by atoms with Gasteiger partial charge in [-0.2, -0.15) is 0 Å². The summed E-state index contributed by atoms with van der Waals surface area (Å²) in [7, 11) is 1.63. The minimum atomic E-state index is 0. The molecule has 0 aliphatic heterocycles. The third-order valence-electron chi connectivity index (χ3n) is 1.52. The van der Waals surface area contributed by atoms with E-state index in [4.69, 9.17) is 10.5 Å². The number of nitrogens with zero attached hydrogens (tertiary/aromatic N) is 1. The van der Waals surface area contributed by atoms with E-state index in [1.807, 2.05) is 30.5 Å². The zero-order valence-electron chi connectivity index (χ0n) is 8.06. The third kappa shape index (κ3) is 4.19. The lowest BCUT2D eigenvalue weighted by molar-refractivity contribution is 0.415. The van der Waals surface area contributed by atoms with Crippen molar-refractivity contribution in [2.24, 2.45) is 10.7 Å². The molecule has 5 heteroatoms. The maximum atomic E-state index is 5.56. The van der Waals surface area contributed by atoms with E-state index in [1.54, 1.807) is 7.11 Å². The number of hydrogen-bond acceptors (Lipinski definition) is 3. The van der Waals surface area contributed by atoms with Crippen LogP contribution in [-0.2, 0) is 0 Å². The van der Waals surface area contributed by atoms with Gasteiger partial charge in [0, 0.05) is 0 Å². The number of amidine groups is 1. The topological polar surface area (TPSA) is 47.6 Å². The molecule has 14 heavy (non-hydrogen) atoms. The molecule has 0 fully saturated rings. The van der Waals surface area contributed by atoms with E-state index in [1.165, 1.54) is 11.8 Å². The minimum absolute atomic E-state index is 0. The molecule has 1 aromatic carbocycles. The lowest BCUT2D eigenvalue weighted by atomic mass is 10.3. The summed E-state index contributed by atoms with van der Waals surface area (Å²) >= 11 is 1.43. The first-order chi connectivity index (χ1) is 6.26. The highest BCUT2D eigenvalue weighted by atomic mass is 127. The van der Waals surface area contributed by atoms with Crippen LogP contribution in [0.5, 0.6) is 5.75 Å². The molecule has 0 aliphatic rings. The molecule has 0 aliphatic carbocycles. The van der Waals surface area contributed by atoms with Gasteiger partial charge in [-0.1, -0.05) is 11.8 Å². The van der Waals surface area contributed by atoms with Crippen molar-refractivity contribution in [3.63, 3.8) is 0 Å². The number of nitrogens with two attached hydrogens (primary N) is 1. The van der Waals surface area contributed by atoms with Crippen LogP contribution >= 0.6 is 35.7 Å². The van der Waals surface area contributed by atoms with E-state index in [-0.39, 0.29) is 24.0 Å². The smallest absolute Gasteiger partial charge is 0.158 e. The van der Waals surface area contributed by atoms with Crippen molar-refractivity contribution < 1.29 is 4.74 Å². The second-order valence-corrected chi connectivity index (χ2v) is 3.18. The predicted molar refractivity (Wildman–Crippen MR) is 73.2 cm³/mol. The van der Waals surface area contributed by atoms with Gasteiger partial charge in [0.2, 0.25) is 0 Å². The van der Waals surface area contributed by atoms with Crippen LogP contribution in [-0.4, -0.2) is 18.5 Å². The lowest BCUT2D eigenvalue weighted by Crippen LogP contribution is -2.03. The maximum Gasteiger partial charge on any atom is 0.158 e. The van der Waals surface area contributed by atoms with Crippen LogP contribution in [0.15, 0.2) is 29.3 Å². The average Bonchev–Trinajstić information content (AvgIpc) is 2.19. The number of ether oxygens (including phenoxy) is 1. The van der Waals surface area contributed by atoms with Crippen LogP contribution in [0.2, 0.25) is 0 Å². The minimum Gasteiger partial charge on any atom is -0.497 e. The van der Waals surface area contributed by atoms with Gasteiger partial charge < -0.3 is 10.5 Å². The fraction of sp³-hybridized carbons (Fsp3) is 0.222. The van der Waals surface area contributed by atoms with Crippen LogP contribution in [0.4, 0.5) is 5.69 Å². The van der Waals surface area contributed by atoms with Gasteiger partial charge in [-0.25, -0.2) is 4.99 Å². The largest absolute Gasteiger partial charge is 0.497 e. The van der Waals surface area contributed by atoms with E-state index in [2.05, 4.69) is 4.99 Å². The van der Waals surface area contributed by atoms with Crippen molar-refractivity contribution in [3.8, 4) is 5.75 Å². The molecule has 1 aromatic rings. The summed E-state index contributed by atoms with van der Waals surface area (Å²) in [6, 6.07) is 7.43. The second kappa shape index (κ2) is 6.94. The number of methoxy groups -OCH3 is 1. The second-order valence-electron chi connectivity index (χ2n) is 2.35. The van der Waals surface area contributed by atoms with Gasteiger partial charge in [0.25, 0.3) is 0 Å². The summed E-state index contributed by atoms with van der Waals surface area (Å²) in [5, 5.41) is 0.560. The van der Waals surface area contributed by atoms with Crippen molar-refractivity contribution in [1.29, 1.82) is 0 Å². The molecule has 0 heterocycles. The van der Waals surface area contributed by atoms with Gasteiger partial charge in [0.15, 0.2) is 5.17 Å². The summed E-state index contributed by atoms with van der Waals surface area (Å²) in [6.45, 7) is 0. The molecule has 0 saturated carbocycles. The van der Waals surface area contributed by atoms with Crippen LogP contribution < -0.4 is 10.5 Å². The molecule has 3 nitrogen and oxygen atoms in total. The molecule has 0 saturated heterocycles. The maximum absolute atomic E-state index is 5.56. The summed E-state index contributed by atoms with van der Waals surface area (Å²) in [5.74, 6) is 0.821. The highest BCUT2D eigenvalue weighted by Crippen LogP contribution is 2.18. The fourth-order valence-electron chi connectivity index (χ4n) is 0.830. The summed E-state index contributed by atoms with van der Waals surface area (Å²) in [5.41, 5.74) is 6.40. The van der Waals surface area contributed by atoms with Gasteiger partial charge in [0.05, 0.1) is 12.8 Å². The van der Waals surface area contributed by atoms with Gasteiger partial charge in [0.1, 0.15) is 5.75 Å². The van der Waals surface area contributed by atoms with Gasteiger partial charge in [-0.15, -0.1) is 24.0 Å². The van der Waals surface area contributed by atoms with Gasteiger partial charge in [-0.05, 0) is 30.5 Å². The Bertz CT molecular complexity index is 300. The van der Waals surface area contributed by atoms with Crippen LogP contribution in [0, 0.1) is 0 Å². The van der Waals surface area contributed by atoms with Crippen LogP contribution in [0.3, 0.4) is 0 Å². The Labute approximate surface area is 105 Å². The molecule has 0 atom stereocenters. The Hall–Kier alpha value is -0.430. The summed E-state index contributed by atoms with van der Waals surface area (Å²) < 4.78 is 5.02. The Morgan fingerprint density at radius 2 is 1.93 bits per heavy atom. The van der Waals surface area contributed by atoms with E-state index in [0.29, 0.717) is 5.17 Å². The van der Waals surface area contributed by atoms with E-state index < -0.39 is 0 Å². The molecule has 0 unspecified atom stereocenters. The third-order valence-corrected chi connectivity index (χ3v) is 2.03. The molecule has 1 rings (SSSR count). The Morgan fingerprint density at radius 1 is 1.36 bits per heavy atom. The van der Waals surface area contributed by atoms with Crippen molar-refractivity contribution in [2.45, 2.75) is 0 Å². The van der Waals surface area contributed by atoms with Crippen molar-refractivity contribution in [3.05, 3.63) is 24.3 Å².